The molecular weight excluding hydrogens is 292 g/mol. The van der Waals surface area contributed by atoms with Crippen LogP contribution in [0.5, 0.6) is 0 Å². The molecule has 0 aliphatic rings. The van der Waals surface area contributed by atoms with E-state index in [-0.39, 0.29) is 22.0 Å². The van der Waals surface area contributed by atoms with Gasteiger partial charge in [-0.3, -0.25) is 10.1 Å². The third kappa shape index (κ3) is 4.25. The first kappa shape index (κ1) is 17.6. The Labute approximate surface area is 125 Å². The Kier molecular flexibility index (Phi) is 5.11. The predicted molar refractivity (Wildman–Crippen MR) is 82.2 cm³/mol. The summed E-state index contributed by atoms with van der Waals surface area (Å²) in [4.78, 5) is 10.5. The van der Waals surface area contributed by atoms with Gasteiger partial charge in [0.15, 0.2) is 9.84 Å². The van der Waals surface area contributed by atoms with Crippen molar-refractivity contribution in [1.82, 2.24) is 5.32 Å². The summed E-state index contributed by atoms with van der Waals surface area (Å²) in [6.07, 6.45) is 1.37. The summed E-state index contributed by atoms with van der Waals surface area (Å²) in [7, 11) is -1.85. The van der Waals surface area contributed by atoms with E-state index >= 15 is 0 Å². The summed E-state index contributed by atoms with van der Waals surface area (Å²) in [6, 6.07) is 4.44. The van der Waals surface area contributed by atoms with Gasteiger partial charge in [-0.2, -0.15) is 0 Å². The van der Waals surface area contributed by atoms with Crippen molar-refractivity contribution < 1.29 is 13.3 Å². The summed E-state index contributed by atoms with van der Waals surface area (Å²) in [5.41, 5.74) is 0.00526. The molecule has 0 amide bonds. The van der Waals surface area contributed by atoms with Crippen LogP contribution in [0.25, 0.3) is 0 Å². The average Bonchev–Trinajstić information content (AvgIpc) is 2.32. The zero-order valence-electron chi connectivity index (χ0n) is 13.0. The molecule has 0 heterocycles. The molecule has 118 valence electrons. The highest BCUT2D eigenvalue weighted by Gasteiger charge is 2.30. The number of hydrogen-bond donors (Lipinski definition) is 1. The molecule has 1 rings (SSSR count). The zero-order chi connectivity index (χ0) is 16.4. The van der Waals surface area contributed by atoms with Crippen molar-refractivity contribution in [2.24, 2.45) is 5.41 Å². The van der Waals surface area contributed by atoms with Crippen LogP contribution in [0.1, 0.15) is 26.3 Å². The van der Waals surface area contributed by atoms with E-state index in [2.05, 4.69) is 5.32 Å². The largest absolute Gasteiger partial charge is 0.316 e. The van der Waals surface area contributed by atoms with Gasteiger partial charge in [0.05, 0.1) is 4.92 Å². The van der Waals surface area contributed by atoms with Gasteiger partial charge in [-0.25, -0.2) is 8.42 Å². The number of nitro benzene ring substituents is 1. The summed E-state index contributed by atoms with van der Waals surface area (Å²) >= 11 is 0. The number of nitrogens with zero attached hydrogens (tertiary/aromatic N) is 1. The van der Waals surface area contributed by atoms with Gasteiger partial charge in [0.25, 0.3) is 5.69 Å². The van der Waals surface area contributed by atoms with Crippen molar-refractivity contribution in [3.63, 3.8) is 0 Å². The van der Waals surface area contributed by atoms with Crippen molar-refractivity contribution >= 4 is 15.5 Å². The van der Waals surface area contributed by atoms with Crippen molar-refractivity contribution in [3.8, 4) is 0 Å². The fourth-order valence-electron chi connectivity index (χ4n) is 2.30. The number of likely N-dealkylation sites (N-methyl/N-ethyl adjacent to an activating group) is 1. The van der Waals surface area contributed by atoms with Gasteiger partial charge in [-0.05, 0) is 24.9 Å². The van der Waals surface area contributed by atoms with Crippen LogP contribution in [0, 0.1) is 15.5 Å². The maximum absolute atomic E-state index is 11.7. The Morgan fingerprint density at radius 2 is 1.90 bits per heavy atom. The van der Waals surface area contributed by atoms with Gasteiger partial charge < -0.3 is 5.32 Å². The van der Waals surface area contributed by atoms with E-state index in [0.29, 0.717) is 12.0 Å². The van der Waals surface area contributed by atoms with Crippen LogP contribution in [0.15, 0.2) is 23.1 Å². The lowest BCUT2D eigenvalue weighted by molar-refractivity contribution is -0.388. The fourth-order valence-corrected chi connectivity index (χ4v) is 3.18. The molecular formula is C14H22N2O4S. The molecule has 1 N–H and O–H groups in total. The topological polar surface area (TPSA) is 89.3 Å². The van der Waals surface area contributed by atoms with E-state index < -0.39 is 14.8 Å². The Morgan fingerprint density at radius 3 is 2.29 bits per heavy atom. The van der Waals surface area contributed by atoms with Crippen LogP contribution in [-0.4, -0.2) is 32.7 Å². The van der Waals surface area contributed by atoms with Gasteiger partial charge in [0.2, 0.25) is 0 Å². The molecule has 21 heavy (non-hydrogen) atoms. The third-order valence-corrected chi connectivity index (χ3v) is 4.61. The molecule has 1 unspecified atom stereocenters. The summed E-state index contributed by atoms with van der Waals surface area (Å²) < 4.78 is 23.5. The van der Waals surface area contributed by atoms with E-state index in [0.717, 1.165) is 6.26 Å². The second-order valence-corrected chi connectivity index (χ2v) is 8.19. The van der Waals surface area contributed by atoms with Gasteiger partial charge in [0.1, 0.15) is 4.90 Å². The van der Waals surface area contributed by atoms with Gasteiger partial charge in [-0.1, -0.05) is 32.9 Å². The number of nitrogens with one attached hydrogen (secondary N) is 1. The minimum absolute atomic E-state index is 0.00832. The quantitative estimate of drug-likeness (QED) is 0.664. The maximum Gasteiger partial charge on any atom is 0.291 e. The van der Waals surface area contributed by atoms with Gasteiger partial charge in [-0.15, -0.1) is 0 Å². The molecule has 6 nitrogen and oxygen atoms in total. The van der Waals surface area contributed by atoms with Crippen molar-refractivity contribution in [2.75, 3.05) is 13.3 Å². The molecule has 1 aromatic rings. The zero-order valence-corrected chi connectivity index (χ0v) is 13.8. The number of para-hydroxylation sites is 1. The second-order valence-electron chi connectivity index (χ2n) is 6.20. The van der Waals surface area contributed by atoms with E-state index in [9.17, 15) is 18.5 Å². The smallest absolute Gasteiger partial charge is 0.291 e. The van der Waals surface area contributed by atoms with Crippen LogP contribution < -0.4 is 5.32 Å². The molecule has 0 saturated carbocycles. The molecule has 0 aliphatic carbocycles. The highest BCUT2D eigenvalue weighted by molar-refractivity contribution is 7.90. The first-order valence-electron chi connectivity index (χ1n) is 6.62. The maximum atomic E-state index is 11.7. The minimum atomic E-state index is -3.64. The van der Waals surface area contributed by atoms with Crippen LogP contribution >= 0.6 is 0 Å². The molecule has 0 saturated heterocycles. The Hall–Kier alpha value is -1.47. The number of sulfone groups is 1. The Morgan fingerprint density at radius 1 is 1.33 bits per heavy atom. The number of nitro groups is 1. The van der Waals surface area contributed by atoms with E-state index in [1.807, 2.05) is 20.8 Å². The second kappa shape index (κ2) is 6.11. The third-order valence-electron chi connectivity index (χ3n) is 3.48. The molecule has 0 bridgehead atoms. The first-order chi connectivity index (χ1) is 9.48. The summed E-state index contributed by atoms with van der Waals surface area (Å²) in [6.45, 7) is 6.08. The normalized spacial score (nSPS) is 14.0. The molecule has 7 heteroatoms. The molecule has 0 spiro atoms. The van der Waals surface area contributed by atoms with Crippen LogP contribution in [0.2, 0.25) is 0 Å². The minimum Gasteiger partial charge on any atom is -0.316 e. The van der Waals surface area contributed by atoms with Gasteiger partial charge in [0, 0.05) is 17.9 Å². The molecule has 0 aromatic heterocycles. The lowest BCUT2D eigenvalue weighted by Crippen LogP contribution is -2.39. The predicted octanol–water partition coefficient (Wildman–Crippen LogP) is 2.17. The van der Waals surface area contributed by atoms with E-state index in [1.165, 1.54) is 6.07 Å². The highest BCUT2D eigenvalue weighted by atomic mass is 32.2. The average molecular weight is 314 g/mol. The van der Waals surface area contributed by atoms with Crippen LogP contribution in [0.4, 0.5) is 5.69 Å². The fraction of sp³-hybridized carbons (Fsp3) is 0.571. The van der Waals surface area contributed by atoms with E-state index in [4.69, 9.17) is 0 Å². The van der Waals surface area contributed by atoms with Crippen LogP contribution in [0.3, 0.4) is 0 Å². The lowest BCUT2D eigenvalue weighted by atomic mass is 9.83. The lowest BCUT2D eigenvalue weighted by Gasteiger charge is -2.30. The van der Waals surface area contributed by atoms with Crippen molar-refractivity contribution in [3.05, 3.63) is 33.9 Å². The standard InChI is InChI=1S/C14H22N2O4S/c1-14(2,3)12(15-4)9-10-7-6-8-11(21(5,19)20)13(10)16(17)18/h6-8,12,15H,9H2,1-5H3. The summed E-state index contributed by atoms with van der Waals surface area (Å²) in [5, 5.41) is 14.5. The van der Waals surface area contributed by atoms with Crippen molar-refractivity contribution in [2.45, 2.75) is 38.1 Å². The Bertz CT molecular complexity index is 633. The van der Waals surface area contributed by atoms with Crippen LogP contribution in [-0.2, 0) is 16.3 Å². The molecule has 1 aromatic carbocycles. The number of benzene rings is 1. The highest BCUT2D eigenvalue weighted by Crippen LogP contribution is 2.31. The number of hydrogen-bond acceptors (Lipinski definition) is 5. The molecule has 0 aliphatic heterocycles. The Balaban J connectivity index is 3.41. The molecule has 1 atom stereocenters. The molecule has 0 fully saturated rings. The SMILES string of the molecule is CNC(Cc1cccc(S(C)(=O)=O)c1[N+](=O)[O-])C(C)(C)C. The van der Waals surface area contributed by atoms with Gasteiger partial charge >= 0.3 is 0 Å². The summed E-state index contributed by atoms with van der Waals surface area (Å²) in [5.74, 6) is 0. The first-order valence-corrected chi connectivity index (χ1v) is 8.51. The van der Waals surface area contributed by atoms with Crippen molar-refractivity contribution in [1.29, 1.82) is 0 Å². The monoisotopic (exact) mass is 314 g/mol. The number of rotatable bonds is 5. The molecule has 0 radical (unpaired) electrons. The van der Waals surface area contributed by atoms with E-state index in [1.54, 1.807) is 19.2 Å².